The standard InChI is InChI=1S/C58H50N4/c1-57(2,3)40-23-27-43(28-24-40)60(47-31-32-54-51(37-47)49-20-11-12-21-52(49)61(54)44-29-25-41(26-30-44)58(4,5)6)45-17-14-18-46(36-45)62-53-22-13-10-19-48(53)50-35-39-33-34-59(55(39)38-56(50)62)42-15-8-7-9-16-42/h7-38H,1-6H3. The maximum Gasteiger partial charge on any atom is 0.0562 e. The molecule has 0 fully saturated rings. The predicted molar refractivity (Wildman–Crippen MR) is 264 cm³/mol. The minimum Gasteiger partial charge on any atom is -0.316 e. The van der Waals surface area contributed by atoms with Crippen molar-refractivity contribution in [3.63, 3.8) is 0 Å². The van der Waals surface area contributed by atoms with Gasteiger partial charge in [0, 0.05) is 67.3 Å². The third kappa shape index (κ3) is 6.20. The van der Waals surface area contributed by atoms with E-state index in [2.05, 4.69) is 254 Å². The average molecular weight is 803 g/mol. The highest BCUT2D eigenvalue weighted by atomic mass is 15.1. The fraction of sp³-hybridized carbons (Fsp3) is 0.138. The van der Waals surface area contributed by atoms with Gasteiger partial charge >= 0.3 is 0 Å². The van der Waals surface area contributed by atoms with E-state index in [0.29, 0.717) is 0 Å². The molecule has 4 nitrogen and oxygen atoms in total. The molecule has 0 bridgehead atoms. The number of nitrogens with zero attached hydrogens (tertiary/aromatic N) is 4. The summed E-state index contributed by atoms with van der Waals surface area (Å²) in [6.07, 6.45) is 2.19. The maximum atomic E-state index is 2.44. The Morgan fingerprint density at radius 3 is 1.53 bits per heavy atom. The smallest absolute Gasteiger partial charge is 0.0562 e. The fourth-order valence-electron chi connectivity index (χ4n) is 9.51. The minimum absolute atomic E-state index is 0.0391. The normalized spacial score (nSPS) is 12.4. The molecule has 302 valence electrons. The van der Waals surface area contributed by atoms with Crippen molar-refractivity contribution in [3.05, 3.63) is 205 Å². The quantitative estimate of drug-likeness (QED) is 0.164. The number of hydrogen-bond donors (Lipinski definition) is 0. The summed E-state index contributed by atoms with van der Waals surface area (Å²) < 4.78 is 7.15. The summed E-state index contributed by atoms with van der Waals surface area (Å²) in [5.41, 5.74) is 15.4. The van der Waals surface area contributed by atoms with Gasteiger partial charge in [-0.2, -0.15) is 0 Å². The van der Waals surface area contributed by atoms with Crippen molar-refractivity contribution in [2.24, 2.45) is 0 Å². The molecule has 0 aliphatic heterocycles. The van der Waals surface area contributed by atoms with Gasteiger partial charge in [-0.1, -0.05) is 126 Å². The molecular weight excluding hydrogens is 753 g/mol. The van der Waals surface area contributed by atoms with Crippen molar-refractivity contribution >= 4 is 71.6 Å². The van der Waals surface area contributed by atoms with Crippen LogP contribution in [0.1, 0.15) is 52.7 Å². The Morgan fingerprint density at radius 2 is 0.871 bits per heavy atom. The van der Waals surface area contributed by atoms with Gasteiger partial charge in [0.2, 0.25) is 0 Å². The second kappa shape index (κ2) is 14.1. The van der Waals surface area contributed by atoms with Crippen LogP contribution in [-0.4, -0.2) is 13.7 Å². The first-order valence-corrected chi connectivity index (χ1v) is 21.8. The number of rotatable bonds is 6. The Labute approximate surface area is 363 Å². The third-order valence-corrected chi connectivity index (χ3v) is 12.8. The first-order valence-electron chi connectivity index (χ1n) is 21.8. The number of aromatic nitrogens is 3. The summed E-state index contributed by atoms with van der Waals surface area (Å²) in [5, 5.41) is 6.17. The molecule has 0 aliphatic carbocycles. The van der Waals surface area contributed by atoms with Gasteiger partial charge in [-0.25, -0.2) is 0 Å². The van der Waals surface area contributed by atoms with Gasteiger partial charge in [-0.05, 0) is 125 Å². The molecule has 8 aromatic carbocycles. The van der Waals surface area contributed by atoms with Crippen molar-refractivity contribution in [3.8, 4) is 17.1 Å². The number of anilines is 3. The Morgan fingerprint density at radius 1 is 0.339 bits per heavy atom. The summed E-state index contributed by atoms with van der Waals surface area (Å²) in [6.45, 7) is 13.6. The second-order valence-electron chi connectivity index (χ2n) is 18.8. The van der Waals surface area contributed by atoms with Crippen LogP contribution in [0.15, 0.2) is 194 Å². The number of hydrogen-bond acceptors (Lipinski definition) is 1. The summed E-state index contributed by atoms with van der Waals surface area (Å²) in [7, 11) is 0. The lowest BCUT2D eigenvalue weighted by atomic mass is 9.87. The Hall–Kier alpha value is -7.30. The van der Waals surface area contributed by atoms with Crippen molar-refractivity contribution < 1.29 is 0 Å². The molecule has 3 aromatic heterocycles. The molecule has 3 heterocycles. The zero-order valence-electron chi connectivity index (χ0n) is 36.3. The van der Waals surface area contributed by atoms with Crippen LogP contribution in [0.4, 0.5) is 17.1 Å². The van der Waals surface area contributed by atoms with Gasteiger partial charge in [0.25, 0.3) is 0 Å². The number of fused-ring (bicyclic) bond motifs is 7. The summed E-state index contributed by atoms with van der Waals surface area (Å²) in [6, 6.07) is 69.5. The van der Waals surface area contributed by atoms with Crippen LogP contribution in [-0.2, 0) is 10.8 Å². The van der Waals surface area contributed by atoms with E-state index in [4.69, 9.17) is 0 Å². The van der Waals surface area contributed by atoms with E-state index in [1.165, 1.54) is 71.3 Å². The van der Waals surface area contributed by atoms with Gasteiger partial charge in [0.15, 0.2) is 0 Å². The van der Waals surface area contributed by atoms with Crippen molar-refractivity contribution in [1.82, 2.24) is 13.7 Å². The molecule has 62 heavy (non-hydrogen) atoms. The van der Waals surface area contributed by atoms with Gasteiger partial charge in [0.05, 0.1) is 27.6 Å². The van der Waals surface area contributed by atoms with E-state index < -0.39 is 0 Å². The monoisotopic (exact) mass is 802 g/mol. The van der Waals surface area contributed by atoms with E-state index in [-0.39, 0.29) is 10.8 Å². The molecule has 0 saturated heterocycles. The molecular formula is C58H50N4. The molecule has 0 N–H and O–H groups in total. The SMILES string of the molecule is CC(C)(C)c1ccc(N(c2cccc(-n3c4ccccc4c4cc5ccn(-c6ccccc6)c5cc43)c2)c2ccc3c(c2)c2ccccc2n3-c2ccc(C(C)(C)C)cc2)cc1. The topological polar surface area (TPSA) is 18.0 Å². The van der Waals surface area contributed by atoms with Crippen LogP contribution in [0.25, 0.3) is 71.6 Å². The summed E-state index contributed by atoms with van der Waals surface area (Å²) in [4.78, 5) is 2.42. The van der Waals surface area contributed by atoms with Gasteiger partial charge in [-0.15, -0.1) is 0 Å². The zero-order valence-corrected chi connectivity index (χ0v) is 36.3. The largest absolute Gasteiger partial charge is 0.316 e. The number of para-hydroxylation sites is 3. The fourth-order valence-corrected chi connectivity index (χ4v) is 9.51. The van der Waals surface area contributed by atoms with Gasteiger partial charge in [0.1, 0.15) is 0 Å². The van der Waals surface area contributed by atoms with Crippen LogP contribution < -0.4 is 4.90 Å². The lowest BCUT2D eigenvalue weighted by Crippen LogP contribution is -2.13. The Bertz CT molecular complexity index is 3460. The van der Waals surface area contributed by atoms with Crippen LogP contribution >= 0.6 is 0 Å². The van der Waals surface area contributed by atoms with Crippen LogP contribution in [0.3, 0.4) is 0 Å². The Kier molecular flexibility index (Phi) is 8.59. The molecule has 0 atom stereocenters. The van der Waals surface area contributed by atoms with Crippen LogP contribution in [0.5, 0.6) is 0 Å². The molecule has 4 heteroatoms. The van der Waals surface area contributed by atoms with E-state index >= 15 is 0 Å². The molecule has 0 unspecified atom stereocenters. The summed E-state index contributed by atoms with van der Waals surface area (Å²) in [5.74, 6) is 0. The number of benzene rings is 8. The average Bonchev–Trinajstić information content (AvgIpc) is 3.95. The van der Waals surface area contributed by atoms with E-state index in [9.17, 15) is 0 Å². The van der Waals surface area contributed by atoms with E-state index in [0.717, 1.165) is 28.4 Å². The van der Waals surface area contributed by atoms with Crippen LogP contribution in [0, 0.1) is 0 Å². The van der Waals surface area contributed by atoms with Gasteiger partial charge < -0.3 is 18.6 Å². The molecule has 11 rings (SSSR count). The lowest BCUT2D eigenvalue weighted by Gasteiger charge is -2.27. The van der Waals surface area contributed by atoms with Crippen molar-refractivity contribution in [1.29, 1.82) is 0 Å². The highest BCUT2D eigenvalue weighted by Gasteiger charge is 2.22. The minimum atomic E-state index is 0.0391. The molecule has 0 spiro atoms. The molecule has 0 aliphatic rings. The van der Waals surface area contributed by atoms with Crippen molar-refractivity contribution in [2.45, 2.75) is 52.4 Å². The highest BCUT2D eigenvalue weighted by molar-refractivity contribution is 6.14. The third-order valence-electron chi connectivity index (χ3n) is 12.8. The highest BCUT2D eigenvalue weighted by Crippen LogP contribution is 2.42. The molecule has 0 amide bonds. The Balaban J connectivity index is 1.11. The summed E-state index contributed by atoms with van der Waals surface area (Å²) >= 11 is 0. The van der Waals surface area contributed by atoms with E-state index in [1.54, 1.807) is 0 Å². The molecule has 0 saturated carbocycles. The first kappa shape index (κ1) is 37.7. The first-order chi connectivity index (χ1) is 30.0. The van der Waals surface area contributed by atoms with Gasteiger partial charge in [-0.3, -0.25) is 0 Å². The van der Waals surface area contributed by atoms with E-state index in [1.807, 2.05) is 0 Å². The molecule has 0 radical (unpaired) electrons. The molecule has 11 aromatic rings. The lowest BCUT2D eigenvalue weighted by molar-refractivity contribution is 0.590. The zero-order chi connectivity index (χ0) is 42.3. The van der Waals surface area contributed by atoms with Crippen molar-refractivity contribution in [2.75, 3.05) is 4.90 Å². The predicted octanol–water partition coefficient (Wildman–Crippen LogP) is 15.9. The van der Waals surface area contributed by atoms with Crippen LogP contribution in [0.2, 0.25) is 0 Å². The second-order valence-corrected chi connectivity index (χ2v) is 18.8. The maximum absolute atomic E-state index is 2.44.